The molecule has 0 unspecified atom stereocenters. The average molecular weight is 212 g/mol. The van der Waals surface area contributed by atoms with Crippen molar-refractivity contribution in [3.63, 3.8) is 0 Å². The van der Waals surface area contributed by atoms with Crippen molar-refractivity contribution in [3.05, 3.63) is 52.1 Å². The lowest BCUT2D eigenvalue weighted by Gasteiger charge is -2.05. The molecule has 2 nitrogen and oxygen atoms in total. The molecule has 1 aromatic carbocycles. The summed E-state index contributed by atoms with van der Waals surface area (Å²) in [4.78, 5) is 0. The first kappa shape index (κ1) is 8.73. The van der Waals surface area contributed by atoms with Crippen molar-refractivity contribution in [2.75, 3.05) is 0 Å². The molecule has 0 fully saturated rings. The molecule has 65 valence electrons. The van der Waals surface area contributed by atoms with E-state index in [1.165, 1.54) is 0 Å². The SMILES string of the molecule is Clc1cccc([C]2C=CN=N2)c1Cl. The van der Waals surface area contributed by atoms with Crippen molar-refractivity contribution >= 4 is 23.2 Å². The largest absolute Gasteiger partial charge is 0.170 e. The molecule has 13 heavy (non-hydrogen) atoms. The second-order valence-corrected chi connectivity index (χ2v) is 3.30. The Balaban J connectivity index is 2.45. The zero-order valence-corrected chi connectivity index (χ0v) is 8.05. The Morgan fingerprint density at radius 3 is 2.69 bits per heavy atom. The van der Waals surface area contributed by atoms with Crippen molar-refractivity contribution in [2.24, 2.45) is 10.2 Å². The van der Waals surface area contributed by atoms with Crippen LogP contribution in [0.3, 0.4) is 0 Å². The number of rotatable bonds is 1. The van der Waals surface area contributed by atoms with Gasteiger partial charge in [-0.3, -0.25) is 0 Å². The van der Waals surface area contributed by atoms with Gasteiger partial charge in [-0.15, -0.1) is 0 Å². The zero-order chi connectivity index (χ0) is 9.26. The molecule has 1 aliphatic rings. The molecule has 4 heteroatoms. The fourth-order valence-corrected chi connectivity index (χ4v) is 1.48. The fourth-order valence-electron chi connectivity index (χ4n) is 1.08. The van der Waals surface area contributed by atoms with Gasteiger partial charge in [-0.05, 0) is 12.1 Å². The van der Waals surface area contributed by atoms with E-state index in [1.54, 1.807) is 18.3 Å². The molecule has 0 aromatic heterocycles. The van der Waals surface area contributed by atoms with Gasteiger partial charge in [-0.1, -0.05) is 35.3 Å². The van der Waals surface area contributed by atoms with Crippen LogP contribution in [0.25, 0.3) is 0 Å². The third-order valence-electron chi connectivity index (χ3n) is 1.69. The molecule has 0 amide bonds. The van der Waals surface area contributed by atoms with E-state index in [-0.39, 0.29) is 0 Å². The Morgan fingerprint density at radius 1 is 1.15 bits per heavy atom. The molecule has 1 heterocycles. The maximum Gasteiger partial charge on any atom is 0.163 e. The molecule has 0 spiro atoms. The summed E-state index contributed by atoms with van der Waals surface area (Å²) in [5, 5.41) is 8.66. The normalized spacial score (nSPS) is 15.5. The molecule has 0 saturated carbocycles. The summed E-state index contributed by atoms with van der Waals surface area (Å²) in [6.07, 6.45) is 3.41. The van der Waals surface area contributed by atoms with E-state index in [0.29, 0.717) is 10.0 Å². The van der Waals surface area contributed by atoms with Gasteiger partial charge < -0.3 is 0 Å². The highest BCUT2D eigenvalue weighted by Gasteiger charge is 2.16. The maximum atomic E-state index is 5.98. The number of azo groups is 1. The lowest BCUT2D eigenvalue weighted by atomic mass is 10.1. The van der Waals surface area contributed by atoms with E-state index in [9.17, 15) is 0 Å². The van der Waals surface area contributed by atoms with Crippen molar-refractivity contribution < 1.29 is 0 Å². The molecular formula is C9H5Cl2N2. The number of halogens is 2. The first-order valence-electron chi connectivity index (χ1n) is 3.68. The summed E-state index contributed by atoms with van der Waals surface area (Å²) in [7, 11) is 0. The Labute approximate surface area is 85.9 Å². The van der Waals surface area contributed by atoms with Crippen molar-refractivity contribution in [2.45, 2.75) is 0 Å². The monoisotopic (exact) mass is 211 g/mol. The summed E-state index contributed by atoms with van der Waals surface area (Å²) in [6, 6.07) is 6.17. The van der Waals surface area contributed by atoms with Gasteiger partial charge in [-0.2, -0.15) is 10.2 Å². The molecule has 2 rings (SSSR count). The average Bonchev–Trinajstić information content (AvgIpc) is 2.62. The predicted molar refractivity (Wildman–Crippen MR) is 52.8 cm³/mol. The smallest absolute Gasteiger partial charge is 0.163 e. The highest BCUT2D eigenvalue weighted by molar-refractivity contribution is 6.42. The van der Waals surface area contributed by atoms with Gasteiger partial charge in [0.15, 0.2) is 6.04 Å². The van der Waals surface area contributed by atoms with Crippen molar-refractivity contribution in [3.8, 4) is 0 Å². The van der Waals surface area contributed by atoms with E-state index in [0.717, 1.165) is 11.6 Å². The Hall–Kier alpha value is -0.860. The molecule has 0 aliphatic carbocycles. The van der Waals surface area contributed by atoms with Gasteiger partial charge in [0.05, 0.1) is 10.0 Å². The highest BCUT2D eigenvalue weighted by Crippen LogP contribution is 2.33. The lowest BCUT2D eigenvalue weighted by molar-refractivity contribution is 1.11. The Morgan fingerprint density at radius 2 is 2.00 bits per heavy atom. The molecule has 0 N–H and O–H groups in total. The minimum absolute atomic E-state index is 0.518. The van der Waals surface area contributed by atoms with Gasteiger partial charge in [0.2, 0.25) is 0 Å². The maximum absolute atomic E-state index is 5.98. The molecule has 1 aromatic rings. The first-order chi connectivity index (χ1) is 6.29. The fraction of sp³-hybridized carbons (Fsp3) is 0. The van der Waals surface area contributed by atoms with Crippen LogP contribution in [0.1, 0.15) is 5.56 Å². The minimum Gasteiger partial charge on any atom is -0.170 e. The van der Waals surface area contributed by atoms with Gasteiger partial charge in [0.1, 0.15) is 0 Å². The third kappa shape index (κ3) is 1.60. The molecule has 0 saturated heterocycles. The van der Waals surface area contributed by atoms with Crippen molar-refractivity contribution in [1.29, 1.82) is 0 Å². The summed E-state index contributed by atoms with van der Waals surface area (Å²) < 4.78 is 0. The van der Waals surface area contributed by atoms with E-state index < -0.39 is 0 Å². The number of hydrogen-bond donors (Lipinski definition) is 0. The highest BCUT2D eigenvalue weighted by atomic mass is 35.5. The first-order valence-corrected chi connectivity index (χ1v) is 4.43. The van der Waals surface area contributed by atoms with Gasteiger partial charge in [-0.25, -0.2) is 0 Å². The van der Waals surface area contributed by atoms with Crippen LogP contribution in [0, 0.1) is 6.04 Å². The Bertz CT molecular complexity index is 373. The molecule has 1 aliphatic heterocycles. The van der Waals surface area contributed by atoms with E-state index in [1.807, 2.05) is 12.1 Å². The topological polar surface area (TPSA) is 24.7 Å². The minimum atomic E-state index is 0.518. The predicted octanol–water partition coefficient (Wildman–Crippen LogP) is 3.85. The quantitative estimate of drug-likeness (QED) is 0.675. The molecule has 0 bridgehead atoms. The molecule has 1 radical (unpaired) electrons. The van der Waals surface area contributed by atoms with Crippen LogP contribution < -0.4 is 0 Å². The summed E-state index contributed by atoms with van der Waals surface area (Å²) >= 11 is 11.8. The van der Waals surface area contributed by atoms with E-state index in [2.05, 4.69) is 10.2 Å². The zero-order valence-electron chi connectivity index (χ0n) is 6.54. The molecule has 0 atom stereocenters. The van der Waals surface area contributed by atoms with Crippen LogP contribution in [0.4, 0.5) is 0 Å². The second kappa shape index (κ2) is 3.48. The third-order valence-corrected chi connectivity index (χ3v) is 2.51. The number of benzene rings is 1. The van der Waals surface area contributed by atoms with E-state index >= 15 is 0 Å². The lowest BCUT2D eigenvalue weighted by Crippen LogP contribution is -1.90. The van der Waals surface area contributed by atoms with Crippen LogP contribution >= 0.6 is 23.2 Å². The molecular weight excluding hydrogens is 207 g/mol. The van der Waals surface area contributed by atoms with Crippen LogP contribution in [0.15, 0.2) is 40.7 Å². The summed E-state index contributed by atoms with van der Waals surface area (Å²) in [6.45, 7) is 0. The Kier molecular flexibility index (Phi) is 2.34. The van der Waals surface area contributed by atoms with Gasteiger partial charge >= 0.3 is 0 Å². The van der Waals surface area contributed by atoms with Crippen LogP contribution in [0.5, 0.6) is 0 Å². The van der Waals surface area contributed by atoms with Crippen molar-refractivity contribution in [1.82, 2.24) is 0 Å². The summed E-state index contributed by atoms with van der Waals surface area (Å²) in [5.74, 6) is 0. The van der Waals surface area contributed by atoms with Gasteiger partial charge in [0.25, 0.3) is 0 Å². The van der Waals surface area contributed by atoms with Crippen LogP contribution in [-0.4, -0.2) is 0 Å². The second-order valence-electron chi connectivity index (χ2n) is 2.52. The van der Waals surface area contributed by atoms with Crippen LogP contribution in [-0.2, 0) is 0 Å². The summed E-state index contributed by atoms with van der Waals surface area (Å²) in [5.41, 5.74) is 0.812. The number of hydrogen-bond acceptors (Lipinski definition) is 2. The number of nitrogens with zero attached hydrogens (tertiary/aromatic N) is 2. The van der Waals surface area contributed by atoms with Crippen LogP contribution in [0.2, 0.25) is 10.0 Å². The standard InChI is InChI=1S/C9H5Cl2N2/c10-7-3-1-2-6(9(7)11)8-4-5-12-13-8/h1-5H. The van der Waals surface area contributed by atoms with Gasteiger partial charge in [0, 0.05) is 11.8 Å². The van der Waals surface area contributed by atoms with E-state index in [4.69, 9.17) is 23.2 Å².